The van der Waals surface area contributed by atoms with E-state index in [2.05, 4.69) is 143 Å². The van der Waals surface area contributed by atoms with Gasteiger partial charge >= 0.3 is 0 Å². The van der Waals surface area contributed by atoms with Crippen LogP contribution in [0, 0.1) is 26.0 Å². The Kier molecular flexibility index (Phi) is 7.20. The van der Waals surface area contributed by atoms with Gasteiger partial charge in [0, 0.05) is 48.0 Å². The quantitative estimate of drug-likeness (QED) is 0.123. The van der Waals surface area contributed by atoms with E-state index < -0.39 is 0 Å². The molecule has 0 atom stereocenters. The number of hydrogen-bond acceptors (Lipinski definition) is 2. The monoisotopic (exact) mass is 793 g/mol. The number of hydrogen-bond donors (Lipinski definition) is 0. The standard InChI is InChI=1S/C21H19N2.C21H21N2.Ir/c1-12-9-10-16-19-18(12)14-7-5-6-8-15(14)20-22-13(2)17(23(19)20)11-21(16,3)4;1-20(2)17-12-8-9-13-18(17)23-19(21(20,3)4)16(14-22-23)15-10-6-5-7-11-15;/h5-7,9-10H,11H2,1-4H3;5-12,14H,1-4H3;/q2*-1;. The summed E-state index contributed by atoms with van der Waals surface area (Å²) in [5.74, 6) is 0. The molecular weight excluding hydrogens is 753 g/mol. The largest absolute Gasteiger partial charge is 0.337 e. The van der Waals surface area contributed by atoms with Gasteiger partial charge in [0.1, 0.15) is 0 Å². The summed E-state index contributed by atoms with van der Waals surface area (Å²) in [6.07, 6.45) is 3.03. The van der Waals surface area contributed by atoms with Crippen molar-refractivity contribution in [2.75, 3.05) is 0 Å². The molecule has 0 aliphatic carbocycles. The Hall–Kier alpha value is -4.05. The summed E-state index contributed by atoms with van der Waals surface area (Å²) in [4.78, 5) is 4.92. The van der Waals surface area contributed by atoms with Crippen molar-refractivity contribution in [3.05, 3.63) is 131 Å². The fraction of sp³-hybridized carbons (Fsp3) is 0.286. The number of para-hydroxylation sites is 1. The topological polar surface area (TPSA) is 35.1 Å². The van der Waals surface area contributed by atoms with E-state index in [1.165, 1.54) is 55.5 Å². The Labute approximate surface area is 291 Å². The van der Waals surface area contributed by atoms with Gasteiger partial charge in [-0.2, -0.15) is 29.4 Å². The van der Waals surface area contributed by atoms with Gasteiger partial charge in [-0.1, -0.05) is 95.0 Å². The zero-order valence-electron chi connectivity index (χ0n) is 28.4. The second-order valence-electron chi connectivity index (χ2n) is 14.8. The predicted molar refractivity (Wildman–Crippen MR) is 189 cm³/mol. The van der Waals surface area contributed by atoms with E-state index in [4.69, 9.17) is 10.1 Å². The van der Waals surface area contributed by atoms with Crippen LogP contribution in [0.5, 0.6) is 0 Å². The van der Waals surface area contributed by atoms with E-state index in [0.717, 1.165) is 28.8 Å². The molecule has 0 amide bonds. The number of rotatable bonds is 1. The second kappa shape index (κ2) is 10.7. The minimum atomic E-state index is -0.0448. The smallest absolute Gasteiger partial charge is 0.0614 e. The summed E-state index contributed by atoms with van der Waals surface area (Å²) in [5.41, 5.74) is 13.8. The van der Waals surface area contributed by atoms with Crippen LogP contribution in [0.1, 0.15) is 75.3 Å². The number of fused-ring (bicyclic) bond motifs is 6. The van der Waals surface area contributed by atoms with E-state index in [-0.39, 0.29) is 36.4 Å². The Bertz CT molecular complexity index is 2320. The molecule has 7 aromatic rings. The number of imidazole rings is 1. The van der Waals surface area contributed by atoms with Gasteiger partial charge in [-0.15, -0.1) is 35.2 Å². The van der Waals surface area contributed by atoms with Crippen LogP contribution in [0.4, 0.5) is 0 Å². The van der Waals surface area contributed by atoms with Crippen LogP contribution in [0.3, 0.4) is 0 Å². The molecule has 0 fully saturated rings. The number of aryl methyl sites for hydroxylation is 2. The van der Waals surface area contributed by atoms with Crippen molar-refractivity contribution < 1.29 is 20.1 Å². The van der Waals surface area contributed by atoms with Crippen molar-refractivity contribution in [1.29, 1.82) is 0 Å². The fourth-order valence-corrected chi connectivity index (χ4v) is 8.02. The second-order valence-corrected chi connectivity index (χ2v) is 14.8. The van der Waals surface area contributed by atoms with Crippen molar-refractivity contribution in [1.82, 2.24) is 19.2 Å². The van der Waals surface area contributed by atoms with Gasteiger partial charge in [-0.3, -0.25) is 9.67 Å². The molecule has 0 saturated heterocycles. The molecular formula is C42H40IrN4-2. The summed E-state index contributed by atoms with van der Waals surface area (Å²) in [5, 5.41) is 8.48. The van der Waals surface area contributed by atoms with Gasteiger partial charge in [-0.25, -0.2) is 0 Å². The first-order valence-electron chi connectivity index (χ1n) is 16.3. The molecule has 9 rings (SSSR count). The van der Waals surface area contributed by atoms with Gasteiger partial charge in [0.05, 0.1) is 17.5 Å². The van der Waals surface area contributed by atoms with Crippen molar-refractivity contribution in [3.8, 4) is 16.8 Å². The van der Waals surface area contributed by atoms with Crippen LogP contribution in [-0.2, 0) is 42.8 Å². The molecule has 0 N–H and O–H groups in total. The first-order valence-corrected chi connectivity index (χ1v) is 16.3. The van der Waals surface area contributed by atoms with Crippen molar-refractivity contribution >= 4 is 27.3 Å². The molecule has 0 unspecified atom stereocenters. The molecule has 4 aromatic carbocycles. The van der Waals surface area contributed by atoms with E-state index in [9.17, 15) is 0 Å². The number of aromatic nitrogens is 4. The molecule has 0 spiro atoms. The Morgan fingerprint density at radius 2 is 1.49 bits per heavy atom. The molecule has 0 saturated carbocycles. The van der Waals surface area contributed by atoms with Crippen LogP contribution >= 0.6 is 0 Å². The summed E-state index contributed by atoms with van der Waals surface area (Å²) < 4.78 is 4.49. The van der Waals surface area contributed by atoms with Gasteiger partial charge < -0.3 is 4.40 Å². The molecule has 47 heavy (non-hydrogen) atoms. The minimum Gasteiger partial charge on any atom is -0.337 e. The Morgan fingerprint density at radius 3 is 2.26 bits per heavy atom. The zero-order valence-corrected chi connectivity index (χ0v) is 30.8. The van der Waals surface area contributed by atoms with Crippen LogP contribution in [0.25, 0.3) is 44.1 Å². The molecule has 239 valence electrons. The van der Waals surface area contributed by atoms with Crippen LogP contribution < -0.4 is 0 Å². The first kappa shape index (κ1) is 31.5. The van der Waals surface area contributed by atoms with Gasteiger partial charge in [0.2, 0.25) is 0 Å². The molecule has 5 heterocycles. The molecule has 2 aliphatic rings. The minimum absolute atomic E-state index is 0. The third-order valence-corrected chi connectivity index (χ3v) is 11.2. The maximum atomic E-state index is 4.92. The molecule has 5 heteroatoms. The SMILES string of the molecule is CC1(C)c2ccc[c-]c2-n2ncc(-c3ccccc3)c2C1(C)C.Cc1nc2c3[c-]cccc3c3c(C)ccc4c3n2c1CC4(C)C.[Ir]. The van der Waals surface area contributed by atoms with E-state index in [1.807, 2.05) is 18.3 Å². The zero-order chi connectivity index (χ0) is 32.2. The van der Waals surface area contributed by atoms with Gasteiger partial charge in [0.25, 0.3) is 0 Å². The van der Waals surface area contributed by atoms with E-state index in [0.29, 0.717) is 0 Å². The third-order valence-electron chi connectivity index (χ3n) is 11.2. The average Bonchev–Trinajstić information content (AvgIpc) is 3.63. The van der Waals surface area contributed by atoms with Crippen molar-refractivity contribution in [3.63, 3.8) is 0 Å². The summed E-state index contributed by atoms with van der Waals surface area (Å²) in [6, 6.07) is 34.5. The molecule has 2 aliphatic heterocycles. The normalized spacial score (nSPS) is 16.3. The number of nitrogens with zero attached hydrogens (tertiary/aromatic N) is 4. The first-order chi connectivity index (χ1) is 21.9. The molecule has 4 nitrogen and oxygen atoms in total. The Balaban J connectivity index is 0.000000146. The van der Waals surface area contributed by atoms with Crippen LogP contribution in [-0.4, -0.2) is 19.2 Å². The maximum absolute atomic E-state index is 4.92. The van der Waals surface area contributed by atoms with Crippen LogP contribution in [0.2, 0.25) is 0 Å². The van der Waals surface area contributed by atoms with Gasteiger partial charge in [-0.05, 0) is 53.3 Å². The number of pyridine rings is 1. The van der Waals surface area contributed by atoms with Crippen molar-refractivity contribution in [2.45, 2.75) is 78.1 Å². The molecule has 3 aromatic heterocycles. The van der Waals surface area contributed by atoms with Gasteiger partial charge in [0.15, 0.2) is 0 Å². The predicted octanol–water partition coefficient (Wildman–Crippen LogP) is 9.80. The Morgan fingerprint density at radius 1 is 0.766 bits per heavy atom. The maximum Gasteiger partial charge on any atom is 0.0614 e. The number of benzene rings is 4. The summed E-state index contributed by atoms with van der Waals surface area (Å²) >= 11 is 0. The van der Waals surface area contributed by atoms with Crippen molar-refractivity contribution in [2.24, 2.45) is 0 Å². The van der Waals surface area contributed by atoms with E-state index in [1.54, 1.807) is 0 Å². The third kappa shape index (κ3) is 4.36. The summed E-state index contributed by atoms with van der Waals surface area (Å²) in [7, 11) is 0. The molecule has 1 radical (unpaired) electrons. The fourth-order valence-electron chi connectivity index (χ4n) is 8.02. The van der Waals surface area contributed by atoms with E-state index >= 15 is 0 Å². The molecule has 0 bridgehead atoms. The summed E-state index contributed by atoms with van der Waals surface area (Å²) in [6.45, 7) is 18.3. The van der Waals surface area contributed by atoms with Crippen LogP contribution in [0.15, 0.2) is 85.1 Å². The average molecular weight is 793 g/mol.